The summed E-state index contributed by atoms with van der Waals surface area (Å²) in [4.78, 5) is 13.4. The highest BCUT2D eigenvalue weighted by atomic mass is 79.9. The first-order chi connectivity index (χ1) is 15.3. The molecule has 0 spiro atoms. The molecule has 0 amide bonds. The van der Waals surface area contributed by atoms with Crippen LogP contribution in [0.4, 0.5) is 0 Å². The summed E-state index contributed by atoms with van der Waals surface area (Å²) < 4.78 is 0. The number of alkyl halides is 1. The average molecular weight is 528 g/mol. The lowest BCUT2D eigenvalue weighted by Gasteiger charge is -2.61. The molecular weight excluding hydrogens is 480 g/mol. The fourth-order valence-corrected chi connectivity index (χ4v) is 9.77. The molecule has 4 saturated carbocycles. The van der Waals surface area contributed by atoms with Gasteiger partial charge < -0.3 is 15.3 Å². The van der Waals surface area contributed by atoms with Crippen LogP contribution in [0.25, 0.3) is 0 Å². The van der Waals surface area contributed by atoms with Gasteiger partial charge in [0.1, 0.15) is 5.78 Å². The molecule has 4 fully saturated rings. The third-order valence-electron chi connectivity index (χ3n) is 11.6. The molecule has 0 heterocycles. The van der Waals surface area contributed by atoms with Gasteiger partial charge in [-0.25, -0.2) is 0 Å². The summed E-state index contributed by atoms with van der Waals surface area (Å²) in [5, 5.41) is 32.7. The van der Waals surface area contributed by atoms with Crippen molar-refractivity contribution in [2.45, 2.75) is 110 Å². The minimum Gasteiger partial charge on any atom is -0.392 e. The van der Waals surface area contributed by atoms with Crippen molar-refractivity contribution in [3.8, 4) is 0 Å². The van der Waals surface area contributed by atoms with Gasteiger partial charge in [-0.1, -0.05) is 57.5 Å². The molecule has 4 aliphatic rings. The first-order valence-corrected chi connectivity index (χ1v) is 14.5. The maximum atomic E-state index is 13.4. The Morgan fingerprint density at radius 3 is 2.24 bits per heavy atom. The summed E-state index contributed by atoms with van der Waals surface area (Å²) in [6.45, 7) is 13.1. The molecule has 0 unspecified atom stereocenters. The van der Waals surface area contributed by atoms with Gasteiger partial charge in [-0.15, -0.1) is 0 Å². The van der Waals surface area contributed by atoms with Gasteiger partial charge in [-0.05, 0) is 90.8 Å². The number of Topliss-reactive ketones (excluding diaryl/α,β-unsaturated/α-hetero) is 1. The number of aliphatic hydroxyl groups is 3. The summed E-state index contributed by atoms with van der Waals surface area (Å²) >= 11 is 3.63. The minimum atomic E-state index is -0.708. The Kier molecular flexibility index (Phi) is 7.24. The molecule has 0 aliphatic heterocycles. The molecular formula is C28H47BrO4. The number of fused-ring (bicyclic) bond motifs is 5. The van der Waals surface area contributed by atoms with E-state index in [2.05, 4.69) is 50.5 Å². The van der Waals surface area contributed by atoms with E-state index in [-0.39, 0.29) is 39.5 Å². The largest absolute Gasteiger partial charge is 0.392 e. The molecule has 0 aromatic carbocycles. The Morgan fingerprint density at radius 1 is 0.970 bits per heavy atom. The van der Waals surface area contributed by atoms with Gasteiger partial charge in [-0.2, -0.15) is 0 Å². The van der Waals surface area contributed by atoms with Crippen molar-refractivity contribution < 1.29 is 20.1 Å². The van der Waals surface area contributed by atoms with Gasteiger partial charge in [0.25, 0.3) is 0 Å². The molecule has 0 aromatic rings. The van der Waals surface area contributed by atoms with Crippen molar-refractivity contribution >= 4 is 21.7 Å². The van der Waals surface area contributed by atoms with E-state index in [1.165, 1.54) is 0 Å². The van der Waals surface area contributed by atoms with E-state index in [4.69, 9.17) is 0 Å². The third kappa shape index (κ3) is 4.09. The second kappa shape index (κ2) is 9.16. The van der Waals surface area contributed by atoms with Gasteiger partial charge in [-0.3, -0.25) is 4.79 Å². The van der Waals surface area contributed by atoms with Crippen molar-refractivity contribution in [1.29, 1.82) is 0 Å². The number of ketones is 1. The number of aliphatic hydroxyl groups excluding tert-OH is 3. The molecule has 0 saturated heterocycles. The Labute approximate surface area is 209 Å². The Balaban J connectivity index is 1.56. The van der Waals surface area contributed by atoms with Crippen molar-refractivity contribution in [2.75, 3.05) is 0 Å². The summed E-state index contributed by atoms with van der Waals surface area (Å²) in [7, 11) is 0. The fraction of sp³-hybridized carbons (Fsp3) is 0.964. The molecule has 4 aliphatic carbocycles. The number of carbonyl (C=O) groups is 1. The van der Waals surface area contributed by atoms with Crippen molar-refractivity contribution in [3.05, 3.63) is 0 Å². The van der Waals surface area contributed by atoms with Crippen LogP contribution < -0.4 is 0 Å². The molecule has 0 aromatic heterocycles. The number of hydrogen-bond acceptors (Lipinski definition) is 4. The topological polar surface area (TPSA) is 77.8 Å². The Morgan fingerprint density at radius 2 is 1.61 bits per heavy atom. The van der Waals surface area contributed by atoms with E-state index >= 15 is 0 Å². The van der Waals surface area contributed by atoms with E-state index in [9.17, 15) is 20.1 Å². The van der Waals surface area contributed by atoms with E-state index in [1.54, 1.807) is 0 Å². The predicted octanol–water partition coefficient (Wildman–Crippen LogP) is 5.21. The van der Waals surface area contributed by atoms with Gasteiger partial charge in [0, 0.05) is 17.2 Å². The van der Waals surface area contributed by atoms with Crippen LogP contribution in [0, 0.1) is 58.2 Å². The van der Waals surface area contributed by atoms with Crippen LogP contribution in [0.3, 0.4) is 0 Å². The van der Waals surface area contributed by atoms with Crippen LogP contribution in [0.15, 0.2) is 0 Å². The van der Waals surface area contributed by atoms with Crippen molar-refractivity contribution in [3.63, 3.8) is 0 Å². The molecule has 5 heteroatoms. The molecule has 33 heavy (non-hydrogen) atoms. The number of hydrogen-bond donors (Lipinski definition) is 3. The van der Waals surface area contributed by atoms with Gasteiger partial charge in [0.05, 0.1) is 18.3 Å². The molecule has 13 atom stereocenters. The maximum Gasteiger partial charge on any atom is 0.136 e. The second-order valence-corrected chi connectivity index (χ2v) is 14.5. The molecule has 4 rings (SSSR count). The van der Waals surface area contributed by atoms with E-state index < -0.39 is 12.2 Å². The lowest BCUT2D eigenvalue weighted by Crippen LogP contribution is -2.59. The van der Waals surface area contributed by atoms with Crippen LogP contribution in [0.1, 0.15) is 86.5 Å². The number of halogens is 1. The smallest absolute Gasteiger partial charge is 0.136 e. The summed E-state index contributed by atoms with van der Waals surface area (Å²) in [6.07, 6.45) is 4.83. The SMILES string of the molecule is CC(C)[C@@H](C)[C@@H](O)[C@H](O)[C@@H](C)[C@H]1CC[C@H]2[C@@H]3CC(=O)[C@H]4C[C@H](Br)[C@@H](O)C[C@]4(C)[C@H]3CC[C@]12C. The number of rotatable bonds is 5. The van der Waals surface area contributed by atoms with E-state index in [0.29, 0.717) is 41.8 Å². The summed E-state index contributed by atoms with van der Waals surface area (Å²) in [5.74, 6) is 2.68. The van der Waals surface area contributed by atoms with Gasteiger partial charge in [0.15, 0.2) is 0 Å². The quantitative estimate of drug-likeness (QED) is 0.429. The monoisotopic (exact) mass is 526 g/mol. The maximum absolute atomic E-state index is 13.4. The highest BCUT2D eigenvalue weighted by Gasteiger charge is 2.63. The fourth-order valence-electron chi connectivity index (χ4n) is 9.21. The highest BCUT2D eigenvalue weighted by Crippen LogP contribution is 2.68. The van der Waals surface area contributed by atoms with Gasteiger partial charge in [0.2, 0.25) is 0 Å². The van der Waals surface area contributed by atoms with Crippen LogP contribution in [0.5, 0.6) is 0 Å². The Hall–Kier alpha value is 0.0300. The zero-order chi connectivity index (χ0) is 24.5. The summed E-state index contributed by atoms with van der Waals surface area (Å²) in [5.41, 5.74) is 0.00813. The first kappa shape index (κ1) is 26.1. The molecule has 0 bridgehead atoms. The summed E-state index contributed by atoms with van der Waals surface area (Å²) in [6, 6.07) is 0. The van der Waals surface area contributed by atoms with Crippen molar-refractivity contribution in [2.24, 2.45) is 58.2 Å². The first-order valence-electron chi connectivity index (χ1n) is 13.5. The van der Waals surface area contributed by atoms with Crippen LogP contribution in [-0.4, -0.2) is 44.2 Å². The third-order valence-corrected chi connectivity index (χ3v) is 12.6. The minimum absolute atomic E-state index is 0.0304. The van der Waals surface area contributed by atoms with Crippen LogP contribution in [0.2, 0.25) is 0 Å². The normalized spacial score (nSPS) is 49.1. The molecule has 4 nitrogen and oxygen atoms in total. The standard InChI is InChI=1S/C28H47BrO4/c1-14(2)15(3)25(32)26(33)16(4)18-7-8-19-17-11-23(30)21-12-22(29)24(31)13-28(21,6)20(17)9-10-27(18,19)5/h14-22,24-26,31-33H,7-13H2,1-6H3/t15-,16+,17+,18-,19+,20+,21-,22+,24+,25-,26-,27-,28-/m1/s1. The average Bonchev–Trinajstić information content (AvgIpc) is 3.10. The highest BCUT2D eigenvalue weighted by molar-refractivity contribution is 9.09. The zero-order valence-corrected chi connectivity index (χ0v) is 23.1. The molecule has 190 valence electrons. The van der Waals surface area contributed by atoms with Crippen LogP contribution in [-0.2, 0) is 4.79 Å². The van der Waals surface area contributed by atoms with E-state index in [0.717, 1.165) is 38.5 Å². The van der Waals surface area contributed by atoms with Crippen LogP contribution >= 0.6 is 15.9 Å². The predicted molar refractivity (Wildman–Crippen MR) is 135 cm³/mol. The Bertz CT molecular complexity index is 741. The lowest BCUT2D eigenvalue weighted by atomic mass is 9.44. The molecule has 0 radical (unpaired) electrons. The van der Waals surface area contributed by atoms with Gasteiger partial charge >= 0.3 is 0 Å². The zero-order valence-electron chi connectivity index (χ0n) is 21.5. The lowest BCUT2D eigenvalue weighted by molar-refractivity contribution is -0.161. The van der Waals surface area contributed by atoms with Crippen molar-refractivity contribution in [1.82, 2.24) is 0 Å². The van der Waals surface area contributed by atoms with E-state index in [1.807, 2.05) is 6.92 Å². The second-order valence-electron chi connectivity index (χ2n) is 13.3. The molecule has 3 N–H and O–H groups in total. The number of carbonyl (C=O) groups excluding carboxylic acids is 1.